The second-order valence-electron chi connectivity index (χ2n) is 3.38. The topological polar surface area (TPSA) is 41.1 Å². The highest BCUT2D eigenvalue weighted by molar-refractivity contribution is 5.15. The average Bonchev–Trinajstić information content (AvgIpc) is 2.33. The summed E-state index contributed by atoms with van der Waals surface area (Å²) >= 11 is 0. The van der Waals surface area contributed by atoms with Gasteiger partial charge in [0, 0.05) is 12.7 Å². The smallest absolute Gasteiger partial charge is 0.207 e. The largest absolute Gasteiger partial charge is 0.328 e. The first-order chi connectivity index (χ1) is 7.90. The molecule has 0 saturated carbocycles. The molecule has 1 aromatic carbocycles. The first-order valence-electron chi connectivity index (χ1n) is 5.02. The third-order valence-electron chi connectivity index (χ3n) is 2.28. The van der Waals surface area contributed by atoms with E-state index in [1.54, 1.807) is 0 Å². The summed E-state index contributed by atoms with van der Waals surface area (Å²) in [4.78, 5) is 3.77. The van der Waals surface area contributed by atoms with Gasteiger partial charge in [-0.1, -0.05) is 36.4 Å². The van der Waals surface area contributed by atoms with E-state index in [2.05, 4.69) is 17.1 Å². The zero-order valence-corrected chi connectivity index (χ0v) is 8.74. The van der Waals surface area contributed by atoms with Gasteiger partial charge in [-0.15, -0.1) is 0 Å². The summed E-state index contributed by atoms with van der Waals surface area (Å²) in [6, 6.07) is 15.7. The Kier molecular flexibility index (Phi) is 3.15. The zero-order chi connectivity index (χ0) is 11.2. The van der Waals surface area contributed by atoms with Gasteiger partial charge in [0.05, 0.1) is 0 Å². The van der Waals surface area contributed by atoms with Crippen LogP contribution < -0.4 is 5.49 Å². The number of hydrogen-bond acceptors (Lipinski definition) is 2. The van der Waals surface area contributed by atoms with Crippen molar-refractivity contribution < 1.29 is 0 Å². The van der Waals surface area contributed by atoms with Crippen LogP contribution >= 0.6 is 0 Å². The van der Waals surface area contributed by atoms with Crippen molar-refractivity contribution in [2.45, 2.75) is 6.54 Å². The SMILES string of the molecule is N#C/N=c1\ccccn1Cc1ccccc1. The van der Waals surface area contributed by atoms with Gasteiger partial charge in [-0.2, -0.15) is 10.3 Å². The Morgan fingerprint density at radius 1 is 1.06 bits per heavy atom. The normalized spacial score (nSPS) is 11.1. The van der Waals surface area contributed by atoms with Crippen LogP contribution in [0.4, 0.5) is 0 Å². The van der Waals surface area contributed by atoms with E-state index in [-0.39, 0.29) is 0 Å². The Morgan fingerprint density at radius 3 is 2.56 bits per heavy atom. The third kappa shape index (κ3) is 2.37. The van der Waals surface area contributed by atoms with Crippen molar-refractivity contribution >= 4 is 0 Å². The summed E-state index contributed by atoms with van der Waals surface area (Å²) in [6.07, 6.45) is 3.73. The predicted octanol–water partition coefficient (Wildman–Crippen LogP) is 1.92. The lowest BCUT2D eigenvalue weighted by molar-refractivity contribution is 0.743. The number of rotatable bonds is 2. The highest BCUT2D eigenvalue weighted by Gasteiger charge is 1.94. The van der Waals surface area contributed by atoms with Gasteiger partial charge in [-0.25, -0.2) is 0 Å². The molecule has 0 atom stereocenters. The average molecular weight is 209 g/mol. The molecule has 1 heterocycles. The van der Waals surface area contributed by atoms with Gasteiger partial charge in [0.15, 0.2) is 0 Å². The molecule has 78 valence electrons. The first kappa shape index (κ1) is 10.2. The summed E-state index contributed by atoms with van der Waals surface area (Å²) in [6.45, 7) is 0.724. The Balaban J connectivity index is 2.36. The van der Waals surface area contributed by atoms with Crippen LogP contribution in [0.15, 0.2) is 59.7 Å². The summed E-state index contributed by atoms with van der Waals surface area (Å²) in [5, 5.41) is 8.58. The second kappa shape index (κ2) is 4.94. The highest BCUT2D eigenvalue weighted by atomic mass is 15.0. The van der Waals surface area contributed by atoms with Gasteiger partial charge in [-0.3, -0.25) is 0 Å². The van der Waals surface area contributed by atoms with Gasteiger partial charge in [0.25, 0.3) is 0 Å². The molecule has 0 radical (unpaired) electrons. The molecule has 1 aromatic heterocycles. The van der Waals surface area contributed by atoms with E-state index in [9.17, 15) is 0 Å². The Morgan fingerprint density at radius 2 is 1.81 bits per heavy atom. The van der Waals surface area contributed by atoms with Gasteiger partial charge in [-0.05, 0) is 17.7 Å². The molecule has 0 amide bonds. The Hall–Kier alpha value is -2.34. The Bertz CT molecular complexity index is 561. The number of nitrogens with zero attached hydrogens (tertiary/aromatic N) is 3. The monoisotopic (exact) mass is 209 g/mol. The molecule has 0 fully saturated rings. The molecule has 0 N–H and O–H groups in total. The lowest BCUT2D eigenvalue weighted by Gasteiger charge is -2.06. The van der Waals surface area contributed by atoms with E-state index in [1.165, 1.54) is 5.56 Å². The number of pyridine rings is 1. The maximum absolute atomic E-state index is 8.58. The summed E-state index contributed by atoms with van der Waals surface area (Å²) in [5.74, 6) is 0. The third-order valence-corrected chi connectivity index (χ3v) is 2.28. The molecule has 0 unspecified atom stereocenters. The molecule has 0 saturated heterocycles. The second-order valence-corrected chi connectivity index (χ2v) is 3.38. The fourth-order valence-electron chi connectivity index (χ4n) is 1.53. The standard InChI is InChI=1S/C13H11N3/c14-11-15-13-8-4-5-9-16(13)10-12-6-2-1-3-7-12/h1-9H,10H2/b15-13+. The van der Waals surface area contributed by atoms with E-state index in [4.69, 9.17) is 5.26 Å². The number of hydrogen-bond donors (Lipinski definition) is 0. The fourth-order valence-corrected chi connectivity index (χ4v) is 1.53. The van der Waals surface area contributed by atoms with E-state index < -0.39 is 0 Å². The first-order valence-corrected chi connectivity index (χ1v) is 5.02. The number of nitriles is 1. The van der Waals surface area contributed by atoms with Crippen molar-refractivity contribution in [1.29, 1.82) is 5.26 Å². The molecule has 3 nitrogen and oxygen atoms in total. The van der Waals surface area contributed by atoms with E-state index >= 15 is 0 Å². The molecule has 0 aliphatic heterocycles. The van der Waals surface area contributed by atoms with Gasteiger partial charge < -0.3 is 4.57 Å². The lowest BCUT2D eigenvalue weighted by Crippen LogP contribution is -2.19. The summed E-state index contributed by atoms with van der Waals surface area (Å²) in [5.41, 5.74) is 1.86. The van der Waals surface area contributed by atoms with Crippen molar-refractivity contribution in [3.8, 4) is 6.19 Å². The summed E-state index contributed by atoms with van der Waals surface area (Å²) in [7, 11) is 0. The maximum Gasteiger partial charge on any atom is 0.207 e. The molecular weight excluding hydrogens is 198 g/mol. The molecule has 0 aliphatic rings. The number of benzene rings is 1. The maximum atomic E-state index is 8.58. The molecule has 2 aromatic rings. The summed E-state index contributed by atoms with van der Waals surface area (Å²) < 4.78 is 1.94. The molecule has 0 bridgehead atoms. The predicted molar refractivity (Wildman–Crippen MR) is 61.2 cm³/mol. The van der Waals surface area contributed by atoms with Crippen molar-refractivity contribution in [1.82, 2.24) is 4.57 Å². The van der Waals surface area contributed by atoms with Crippen LogP contribution in [0.5, 0.6) is 0 Å². The fraction of sp³-hybridized carbons (Fsp3) is 0.0769. The van der Waals surface area contributed by atoms with E-state index in [0.717, 1.165) is 6.54 Å². The van der Waals surface area contributed by atoms with Crippen LogP contribution in [-0.2, 0) is 6.54 Å². The zero-order valence-electron chi connectivity index (χ0n) is 8.74. The molecule has 16 heavy (non-hydrogen) atoms. The van der Waals surface area contributed by atoms with Crippen molar-refractivity contribution in [2.24, 2.45) is 4.99 Å². The van der Waals surface area contributed by atoms with E-state index in [0.29, 0.717) is 5.49 Å². The quantitative estimate of drug-likeness (QED) is 0.696. The molecule has 0 aliphatic carbocycles. The van der Waals surface area contributed by atoms with Crippen molar-refractivity contribution in [2.75, 3.05) is 0 Å². The van der Waals surface area contributed by atoms with Gasteiger partial charge in [0.1, 0.15) is 5.49 Å². The number of aromatic nitrogens is 1. The molecular formula is C13H11N3. The molecule has 3 heteroatoms. The molecule has 0 spiro atoms. The van der Waals surface area contributed by atoms with E-state index in [1.807, 2.05) is 53.4 Å². The Labute approximate surface area is 93.9 Å². The van der Waals surface area contributed by atoms with Gasteiger partial charge >= 0.3 is 0 Å². The molecule has 2 rings (SSSR count). The highest BCUT2D eigenvalue weighted by Crippen LogP contribution is 1.99. The minimum absolute atomic E-state index is 0.675. The van der Waals surface area contributed by atoms with Crippen LogP contribution in [0.3, 0.4) is 0 Å². The minimum atomic E-state index is 0.675. The van der Waals surface area contributed by atoms with Crippen molar-refractivity contribution in [3.05, 3.63) is 65.8 Å². The van der Waals surface area contributed by atoms with Crippen molar-refractivity contribution in [3.63, 3.8) is 0 Å². The van der Waals surface area contributed by atoms with Crippen LogP contribution in [-0.4, -0.2) is 4.57 Å². The minimum Gasteiger partial charge on any atom is -0.328 e. The van der Waals surface area contributed by atoms with Crippen LogP contribution in [0.2, 0.25) is 0 Å². The van der Waals surface area contributed by atoms with Crippen LogP contribution in [0.1, 0.15) is 5.56 Å². The van der Waals surface area contributed by atoms with Gasteiger partial charge in [0.2, 0.25) is 6.19 Å². The lowest BCUT2D eigenvalue weighted by atomic mass is 10.2. The van der Waals surface area contributed by atoms with Crippen LogP contribution in [0.25, 0.3) is 0 Å². The van der Waals surface area contributed by atoms with Crippen LogP contribution in [0, 0.1) is 11.5 Å².